The van der Waals surface area contributed by atoms with Gasteiger partial charge in [-0.15, -0.1) is 0 Å². The summed E-state index contributed by atoms with van der Waals surface area (Å²) in [5.41, 5.74) is 0.142. The molecule has 1 saturated heterocycles. The average Bonchev–Trinajstić information content (AvgIpc) is 3.04. The predicted octanol–water partition coefficient (Wildman–Crippen LogP) is 2.71. The van der Waals surface area contributed by atoms with Crippen molar-refractivity contribution in [3.63, 3.8) is 0 Å². The lowest BCUT2D eigenvalue weighted by molar-refractivity contribution is -0.143. The van der Waals surface area contributed by atoms with Crippen LogP contribution in [0.1, 0.15) is 72.3 Å². The summed E-state index contributed by atoms with van der Waals surface area (Å²) in [5.74, 6) is -2.94. The second kappa shape index (κ2) is 18.7. The van der Waals surface area contributed by atoms with Crippen LogP contribution in [0.25, 0.3) is 0 Å². The van der Waals surface area contributed by atoms with Crippen molar-refractivity contribution in [2.75, 3.05) is 32.7 Å². The highest BCUT2D eigenvalue weighted by molar-refractivity contribution is 6.38. The van der Waals surface area contributed by atoms with E-state index in [9.17, 15) is 28.8 Å². The number of benzene rings is 1. The molecule has 1 aromatic carbocycles. The van der Waals surface area contributed by atoms with Crippen LogP contribution in [-0.2, 0) is 35.3 Å². The molecular weight excluding hydrogens is 652 g/mol. The highest BCUT2D eigenvalue weighted by Crippen LogP contribution is 2.19. The molecule has 13 nitrogen and oxygen atoms in total. The van der Waals surface area contributed by atoms with Gasteiger partial charge in [0.2, 0.25) is 23.5 Å². The van der Waals surface area contributed by atoms with E-state index in [0.717, 1.165) is 12.0 Å². The van der Waals surface area contributed by atoms with Gasteiger partial charge in [-0.3, -0.25) is 28.9 Å². The molecule has 2 aliphatic heterocycles. The molecule has 0 saturated carbocycles. The largest absolute Gasteiger partial charge is 0.444 e. The summed E-state index contributed by atoms with van der Waals surface area (Å²) in [6.07, 6.45) is 5.54. The minimum Gasteiger partial charge on any atom is -0.444 e. The lowest BCUT2D eigenvalue weighted by atomic mass is 10.0. The van der Waals surface area contributed by atoms with Crippen molar-refractivity contribution in [3.8, 4) is 0 Å². The highest BCUT2D eigenvalue weighted by atomic mass is 35.5. The Bertz CT molecular complexity index is 1360. The number of hydrogen-bond donors (Lipinski definition) is 4. The Morgan fingerprint density at radius 1 is 1.00 bits per heavy atom. The van der Waals surface area contributed by atoms with Gasteiger partial charge in [-0.25, -0.2) is 4.79 Å². The number of halogens is 1. The van der Waals surface area contributed by atoms with Crippen molar-refractivity contribution < 1.29 is 33.5 Å². The summed E-state index contributed by atoms with van der Waals surface area (Å²) in [4.78, 5) is 82.1. The van der Waals surface area contributed by atoms with Crippen LogP contribution in [-0.4, -0.2) is 102 Å². The first-order chi connectivity index (χ1) is 23.1. The molecule has 0 radical (unpaired) electrons. The summed E-state index contributed by atoms with van der Waals surface area (Å²) in [7, 11) is 0. The number of hydrogen-bond acceptors (Lipinski definition) is 8. The number of allylic oxidation sites excluding steroid dienone is 1. The Kier molecular flexibility index (Phi) is 15.1. The molecule has 49 heavy (non-hydrogen) atoms. The number of nitrogens with zero attached hydrogens (tertiary/aromatic N) is 2. The fraction of sp³-hybridized carbons (Fsp3) is 0.600. The van der Waals surface area contributed by atoms with E-state index in [2.05, 4.69) is 21.3 Å². The van der Waals surface area contributed by atoms with Crippen LogP contribution in [0.4, 0.5) is 4.79 Å². The van der Waals surface area contributed by atoms with E-state index in [1.807, 2.05) is 37.0 Å². The van der Waals surface area contributed by atoms with E-state index in [4.69, 9.17) is 16.3 Å². The molecule has 14 heteroatoms. The van der Waals surface area contributed by atoms with Gasteiger partial charge in [0.1, 0.15) is 23.7 Å². The van der Waals surface area contributed by atoms with Crippen LogP contribution in [0.5, 0.6) is 0 Å². The number of amides is 5. The molecule has 2 aliphatic rings. The molecule has 1 aromatic rings. The number of rotatable bonds is 7. The van der Waals surface area contributed by atoms with E-state index >= 15 is 0 Å². The van der Waals surface area contributed by atoms with Crippen molar-refractivity contribution in [3.05, 3.63) is 47.0 Å². The third-order valence-corrected chi connectivity index (χ3v) is 8.41. The number of ketones is 1. The lowest BCUT2D eigenvalue weighted by Crippen LogP contribution is -2.64. The Morgan fingerprint density at radius 2 is 1.69 bits per heavy atom. The van der Waals surface area contributed by atoms with E-state index in [0.29, 0.717) is 43.9 Å². The number of carbonyl (C=O) groups excluding carboxylic acids is 6. The summed E-state index contributed by atoms with van der Waals surface area (Å²) < 4.78 is 5.39. The first-order valence-electron chi connectivity index (χ1n) is 17.0. The maximum atomic E-state index is 14.1. The zero-order valence-electron chi connectivity index (χ0n) is 29.2. The molecule has 1 fully saturated rings. The molecular formula is C35H51ClN6O7. The molecule has 0 unspecified atom stereocenters. The maximum Gasteiger partial charge on any atom is 0.408 e. The minimum absolute atomic E-state index is 0.0138. The molecule has 3 atom stereocenters. The van der Waals surface area contributed by atoms with Gasteiger partial charge in [0.25, 0.3) is 5.91 Å². The molecule has 0 bridgehead atoms. The van der Waals surface area contributed by atoms with Crippen molar-refractivity contribution >= 4 is 47.1 Å². The Labute approximate surface area is 293 Å². The molecule has 4 N–H and O–H groups in total. The number of ether oxygens (including phenoxy) is 1. The van der Waals surface area contributed by atoms with Crippen molar-refractivity contribution in [2.45, 2.75) is 97.0 Å². The number of Topliss-reactive ketones (excluding diaryl/α,β-unsaturated/α-hetero) is 1. The van der Waals surface area contributed by atoms with Crippen molar-refractivity contribution in [2.24, 2.45) is 5.92 Å². The molecule has 5 amide bonds. The molecule has 0 aromatic heterocycles. The molecule has 2 heterocycles. The monoisotopic (exact) mass is 702 g/mol. The van der Waals surface area contributed by atoms with Gasteiger partial charge in [-0.1, -0.05) is 49.7 Å². The second-order valence-corrected chi connectivity index (χ2v) is 14.2. The van der Waals surface area contributed by atoms with Gasteiger partial charge in [-0.2, -0.15) is 0 Å². The Hall–Kier alpha value is -3.97. The summed E-state index contributed by atoms with van der Waals surface area (Å²) in [5, 5.41) is 11.3. The minimum atomic E-state index is -1.15. The third-order valence-electron chi connectivity index (χ3n) is 8.16. The van der Waals surface area contributed by atoms with Crippen LogP contribution >= 0.6 is 11.6 Å². The second-order valence-electron chi connectivity index (χ2n) is 13.7. The predicted molar refractivity (Wildman–Crippen MR) is 185 cm³/mol. The van der Waals surface area contributed by atoms with Crippen LogP contribution < -0.4 is 21.3 Å². The smallest absolute Gasteiger partial charge is 0.408 e. The Morgan fingerprint density at radius 3 is 2.37 bits per heavy atom. The molecule has 0 spiro atoms. The maximum absolute atomic E-state index is 14.1. The van der Waals surface area contributed by atoms with Crippen LogP contribution in [0.15, 0.2) is 36.4 Å². The van der Waals surface area contributed by atoms with Gasteiger partial charge in [0.15, 0.2) is 0 Å². The number of carbonyl (C=O) groups is 6. The molecule has 270 valence electrons. The fourth-order valence-electron chi connectivity index (χ4n) is 5.54. The third kappa shape index (κ3) is 13.1. The van der Waals surface area contributed by atoms with Crippen LogP contribution in [0.3, 0.4) is 0 Å². The average molecular weight is 703 g/mol. The standard InChI is InChI=1S/C35H51ClN6O7/c1-23(2)29(40-34(48)49-35(3,4)5)33(47)42-20-19-41(21-24-13-15-25(36)16-14-24)27(22-42)31(45)39-26-11-9-7-6-8-10-12-28(43)37-17-18-38-32(46)30(26)44/h7,9,13-16,23,26-27,29H,6,8,10-12,17-22H2,1-5H3,(H,37,43)(H,38,46)(H,39,45)(H,40,48)/b9-7+/t26-,27-,29-/m1/s1. The zero-order valence-corrected chi connectivity index (χ0v) is 29.9. The van der Waals surface area contributed by atoms with Gasteiger partial charge in [0.05, 0.1) is 0 Å². The molecule has 3 rings (SSSR count). The summed E-state index contributed by atoms with van der Waals surface area (Å²) >= 11 is 6.10. The highest BCUT2D eigenvalue weighted by Gasteiger charge is 2.39. The van der Waals surface area contributed by atoms with Crippen molar-refractivity contribution in [1.82, 2.24) is 31.1 Å². The zero-order chi connectivity index (χ0) is 36.1. The summed E-state index contributed by atoms with van der Waals surface area (Å²) in [6, 6.07) is 4.30. The number of alkyl carbamates (subject to hydrolysis) is 1. The van der Waals surface area contributed by atoms with E-state index in [1.54, 1.807) is 43.9 Å². The number of nitrogens with one attached hydrogen (secondary N) is 4. The van der Waals surface area contributed by atoms with Gasteiger partial charge in [0, 0.05) is 50.7 Å². The quantitative estimate of drug-likeness (QED) is 0.249. The van der Waals surface area contributed by atoms with E-state index < -0.39 is 47.4 Å². The van der Waals surface area contributed by atoms with Crippen LogP contribution in [0, 0.1) is 5.92 Å². The SMILES string of the molecule is CC(C)[C@@H](NC(=O)OC(C)(C)C)C(=O)N1CCN(Cc2ccc(Cl)cc2)[C@@H](C(=O)N[C@@H]2C/C=C/CCCCC(=O)NCCNC(=O)C2=O)C1. The lowest BCUT2D eigenvalue weighted by Gasteiger charge is -2.42. The van der Waals surface area contributed by atoms with Crippen LogP contribution in [0.2, 0.25) is 5.02 Å². The first-order valence-corrected chi connectivity index (χ1v) is 17.3. The van der Waals surface area contributed by atoms with Gasteiger partial charge < -0.3 is 30.9 Å². The van der Waals surface area contributed by atoms with Crippen molar-refractivity contribution in [1.29, 1.82) is 0 Å². The normalized spacial score (nSPS) is 21.8. The first kappa shape index (κ1) is 39.5. The van der Waals surface area contributed by atoms with Gasteiger partial charge >= 0.3 is 6.09 Å². The Balaban J connectivity index is 1.84. The topological polar surface area (TPSA) is 166 Å². The van der Waals surface area contributed by atoms with Gasteiger partial charge in [-0.05, 0) is 70.1 Å². The molecule has 0 aliphatic carbocycles. The van der Waals surface area contributed by atoms with E-state index in [-0.39, 0.29) is 43.8 Å². The van der Waals surface area contributed by atoms with E-state index in [1.165, 1.54) is 0 Å². The summed E-state index contributed by atoms with van der Waals surface area (Å²) in [6.45, 7) is 10.0. The fourth-order valence-corrected chi connectivity index (χ4v) is 5.66. The number of piperazine rings is 1.